The summed E-state index contributed by atoms with van der Waals surface area (Å²) in [4.78, 5) is 26.6. The van der Waals surface area contributed by atoms with Gasteiger partial charge < -0.3 is 9.47 Å². The number of rotatable bonds is 6. The molecule has 0 N–H and O–H groups in total. The van der Waals surface area contributed by atoms with Gasteiger partial charge in [0.25, 0.3) is 0 Å². The first kappa shape index (κ1) is 17.7. The van der Waals surface area contributed by atoms with E-state index >= 15 is 0 Å². The average Bonchev–Trinajstić information content (AvgIpc) is 2.98. The van der Waals surface area contributed by atoms with E-state index in [0.717, 1.165) is 11.1 Å². The third-order valence-corrected chi connectivity index (χ3v) is 4.47. The molecule has 2 aromatic rings. The van der Waals surface area contributed by atoms with Crippen molar-refractivity contribution in [2.45, 2.75) is 25.0 Å². The van der Waals surface area contributed by atoms with Crippen molar-refractivity contribution < 1.29 is 19.1 Å². The van der Waals surface area contributed by atoms with E-state index in [9.17, 15) is 9.59 Å². The topological polar surface area (TPSA) is 55.8 Å². The molecular weight excluding hydrogens is 330 g/mol. The maximum absolute atomic E-state index is 12.7. The highest BCUT2D eigenvalue weighted by Crippen LogP contribution is 2.33. The fraction of sp³-hybridized carbons (Fsp3) is 0.238. The van der Waals surface area contributed by atoms with Crippen molar-refractivity contribution in [3.05, 3.63) is 84.4 Å². The summed E-state index contributed by atoms with van der Waals surface area (Å²) in [6.07, 6.45) is 1.70. The van der Waals surface area contributed by atoms with Gasteiger partial charge in [-0.2, -0.15) is 0 Å². The zero-order valence-electron chi connectivity index (χ0n) is 14.5. The Kier molecular flexibility index (Phi) is 5.37. The Morgan fingerprint density at radius 2 is 1.73 bits per heavy atom. The van der Waals surface area contributed by atoms with Gasteiger partial charge in [-0.15, -0.1) is 6.58 Å². The normalized spacial score (nSPS) is 19.1. The molecule has 0 aliphatic carbocycles. The zero-order chi connectivity index (χ0) is 18.4. The Morgan fingerprint density at radius 1 is 1.12 bits per heavy atom. The first-order chi connectivity index (χ1) is 12.7. The van der Waals surface area contributed by atoms with Crippen LogP contribution in [-0.2, 0) is 27.3 Å². The van der Waals surface area contributed by atoms with Crippen molar-refractivity contribution in [2.75, 3.05) is 6.73 Å². The van der Waals surface area contributed by atoms with Crippen LogP contribution >= 0.6 is 0 Å². The third kappa shape index (κ3) is 3.61. The molecule has 2 aromatic carbocycles. The smallest absolute Gasteiger partial charge is 0.413 e. The molecule has 3 rings (SSSR count). The van der Waals surface area contributed by atoms with Gasteiger partial charge in [-0.3, -0.25) is 4.90 Å². The minimum atomic E-state index is -1.13. The Balaban J connectivity index is 1.80. The van der Waals surface area contributed by atoms with Crippen LogP contribution < -0.4 is 0 Å². The highest BCUT2D eigenvalue weighted by molar-refractivity contribution is 5.88. The van der Waals surface area contributed by atoms with Gasteiger partial charge >= 0.3 is 12.1 Å². The highest BCUT2D eigenvalue weighted by atomic mass is 16.6. The van der Waals surface area contributed by atoms with Gasteiger partial charge in [0.1, 0.15) is 6.61 Å². The monoisotopic (exact) mass is 351 g/mol. The van der Waals surface area contributed by atoms with Gasteiger partial charge in [0.05, 0.1) is 0 Å². The number of nitrogens with zero attached hydrogens (tertiary/aromatic N) is 1. The molecule has 5 heteroatoms. The molecule has 0 bridgehead atoms. The first-order valence-corrected chi connectivity index (χ1v) is 8.46. The van der Waals surface area contributed by atoms with Crippen molar-refractivity contribution in [2.24, 2.45) is 0 Å². The van der Waals surface area contributed by atoms with E-state index in [0.29, 0.717) is 12.8 Å². The van der Waals surface area contributed by atoms with E-state index in [-0.39, 0.29) is 13.3 Å². The van der Waals surface area contributed by atoms with Crippen LogP contribution in [0.25, 0.3) is 0 Å². The molecule has 26 heavy (non-hydrogen) atoms. The van der Waals surface area contributed by atoms with E-state index in [1.165, 1.54) is 4.90 Å². The van der Waals surface area contributed by atoms with Crippen LogP contribution in [0.5, 0.6) is 0 Å². The van der Waals surface area contributed by atoms with Crippen molar-refractivity contribution >= 4 is 12.1 Å². The Hall–Kier alpha value is -3.08. The van der Waals surface area contributed by atoms with E-state index < -0.39 is 17.6 Å². The molecule has 0 spiro atoms. The lowest BCUT2D eigenvalue weighted by Crippen LogP contribution is -2.52. The highest BCUT2D eigenvalue weighted by Gasteiger charge is 2.52. The minimum absolute atomic E-state index is 0.118. The van der Waals surface area contributed by atoms with Crippen molar-refractivity contribution in [1.82, 2.24) is 4.90 Å². The molecule has 1 amide bonds. The molecule has 1 aliphatic rings. The van der Waals surface area contributed by atoms with Crippen LogP contribution in [0.1, 0.15) is 17.5 Å². The zero-order valence-corrected chi connectivity index (χ0v) is 14.5. The molecule has 0 aromatic heterocycles. The number of ether oxygens (including phenoxy) is 2. The van der Waals surface area contributed by atoms with Crippen molar-refractivity contribution in [1.29, 1.82) is 0 Å². The number of cyclic esters (lactones) is 1. The van der Waals surface area contributed by atoms with Crippen LogP contribution in [0.4, 0.5) is 4.79 Å². The summed E-state index contributed by atoms with van der Waals surface area (Å²) < 4.78 is 10.6. The Morgan fingerprint density at radius 3 is 2.35 bits per heavy atom. The minimum Gasteiger partial charge on any atom is -0.444 e. The molecular formula is C21H21NO4. The van der Waals surface area contributed by atoms with Crippen molar-refractivity contribution in [3.63, 3.8) is 0 Å². The van der Waals surface area contributed by atoms with Crippen LogP contribution in [-0.4, -0.2) is 29.2 Å². The van der Waals surface area contributed by atoms with E-state index in [1.807, 2.05) is 60.7 Å². The Bertz CT molecular complexity index is 775. The van der Waals surface area contributed by atoms with Gasteiger partial charge in [-0.25, -0.2) is 9.59 Å². The maximum atomic E-state index is 12.7. The van der Waals surface area contributed by atoms with Crippen LogP contribution in [0.2, 0.25) is 0 Å². The lowest BCUT2D eigenvalue weighted by Gasteiger charge is -2.32. The van der Waals surface area contributed by atoms with E-state index in [1.54, 1.807) is 6.08 Å². The molecule has 1 aliphatic heterocycles. The summed E-state index contributed by atoms with van der Waals surface area (Å²) in [6, 6.07) is 18.9. The maximum Gasteiger partial charge on any atom is 0.413 e. The number of amides is 1. The second-order valence-electron chi connectivity index (χ2n) is 6.22. The second-order valence-corrected chi connectivity index (χ2v) is 6.22. The van der Waals surface area contributed by atoms with E-state index in [4.69, 9.17) is 9.47 Å². The summed E-state index contributed by atoms with van der Waals surface area (Å²) in [6.45, 7) is 3.77. The van der Waals surface area contributed by atoms with Gasteiger partial charge in [-0.05, 0) is 17.5 Å². The van der Waals surface area contributed by atoms with Crippen LogP contribution in [0.3, 0.4) is 0 Å². The number of benzene rings is 2. The number of hydrogen-bond donors (Lipinski definition) is 0. The number of carbonyl (C=O) groups is 2. The predicted octanol–water partition coefficient (Wildman–Crippen LogP) is 3.70. The summed E-state index contributed by atoms with van der Waals surface area (Å²) >= 11 is 0. The SMILES string of the molecule is C=CCC1(Cc2ccccc2)C(=O)OCN1C(=O)OCc1ccccc1. The number of hydrogen-bond acceptors (Lipinski definition) is 4. The molecule has 1 atom stereocenters. The summed E-state index contributed by atoms with van der Waals surface area (Å²) in [5.74, 6) is -0.432. The first-order valence-electron chi connectivity index (χ1n) is 8.46. The van der Waals surface area contributed by atoms with Gasteiger partial charge in [0.2, 0.25) is 0 Å². The van der Waals surface area contributed by atoms with Crippen LogP contribution in [0.15, 0.2) is 73.3 Å². The van der Waals surface area contributed by atoms with Gasteiger partial charge in [0, 0.05) is 6.42 Å². The van der Waals surface area contributed by atoms with Crippen LogP contribution in [0, 0.1) is 0 Å². The number of carbonyl (C=O) groups excluding carboxylic acids is 2. The molecule has 5 nitrogen and oxygen atoms in total. The molecule has 1 fully saturated rings. The molecule has 0 radical (unpaired) electrons. The quantitative estimate of drug-likeness (QED) is 0.588. The fourth-order valence-electron chi connectivity index (χ4n) is 3.12. The molecule has 0 saturated carbocycles. The number of esters is 1. The predicted molar refractivity (Wildman–Crippen MR) is 97.1 cm³/mol. The molecule has 1 saturated heterocycles. The van der Waals surface area contributed by atoms with Gasteiger partial charge in [-0.1, -0.05) is 66.7 Å². The summed E-state index contributed by atoms with van der Waals surface area (Å²) in [5, 5.41) is 0. The second kappa shape index (κ2) is 7.87. The molecule has 134 valence electrons. The Labute approximate surface area is 152 Å². The lowest BCUT2D eigenvalue weighted by molar-refractivity contribution is -0.142. The largest absolute Gasteiger partial charge is 0.444 e. The van der Waals surface area contributed by atoms with E-state index in [2.05, 4.69) is 6.58 Å². The average molecular weight is 351 g/mol. The summed E-state index contributed by atoms with van der Waals surface area (Å²) in [5.41, 5.74) is 0.690. The molecule has 1 heterocycles. The third-order valence-electron chi connectivity index (χ3n) is 4.47. The fourth-order valence-corrected chi connectivity index (χ4v) is 3.12. The summed E-state index contributed by atoms with van der Waals surface area (Å²) in [7, 11) is 0. The van der Waals surface area contributed by atoms with Crippen molar-refractivity contribution in [3.8, 4) is 0 Å². The standard InChI is InChI=1S/C21H21NO4/c1-2-13-21(14-17-9-5-3-6-10-17)19(23)26-16-22(21)20(24)25-15-18-11-7-4-8-12-18/h2-12H,1,13-16H2. The lowest BCUT2D eigenvalue weighted by atomic mass is 9.87. The van der Waals surface area contributed by atoms with Gasteiger partial charge in [0.15, 0.2) is 12.3 Å². The molecule has 1 unspecified atom stereocenters.